The van der Waals surface area contributed by atoms with E-state index in [1.807, 2.05) is 30.3 Å². The molecule has 0 saturated carbocycles. The molecule has 1 rings (SSSR count). The van der Waals surface area contributed by atoms with Gasteiger partial charge in [-0.25, -0.2) is 0 Å². The van der Waals surface area contributed by atoms with E-state index in [1.54, 1.807) is 14.0 Å². The van der Waals surface area contributed by atoms with Crippen LogP contribution in [0, 0.1) is 0 Å². The summed E-state index contributed by atoms with van der Waals surface area (Å²) in [5.41, 5.74) is 1.12. The molecule has 0 saturated heterocycles. The van der Waals surface area contributed by atoms with Crippen molar-refractivity contribution < 1.29 is 9.84 Å². The Morgan fingerprint density at radius 2 is 1.92 bits per heavy atom. The van der Waals surface area contributed by atoms with Crippen LogP contribution in [0.5, 0.6) is 0 Å². The van der Waals surface area contributed by atoms with Crippen LogP contribution in [-0.4, -0.2) is 18.3 Å². The van der Waals surface area contributed by atoms with Crippen LogP contribution >= 0.6 is 0 Å². The Labute approximate surface area is 79.2 Å². The van der Waals surface area contributed by atoms with Crippen LogP contribution in [0.15, 0.2) is 30.3 Å². The van der Waals surface area contributed by atoms with Gasteiger partial charge < -0.3 is 9.84 Å². The number of aliphatic hydroxyl groups excluding tert-OH is 1. The van der Waals surface area contributed by atoms with E-state index < -0.39 is 0 Å². The fourth-order valence-electron chi connectivity index (χ4n) is 1.35. The molecular formula is C11H16O2. The van der Waals surface area contributed by atoms with Gasteiger partial charge in [-0.15, -0.1) is 0 Å². The zero-order valence-corrected chi connectivity index (χ0v) is 8.10. The number of benzene rings is 1. The number of rotatable bonds is 4. The minimum absolute atomic E-state index is 0.00111. The zero-order valence-electron chi connectivity index (χ0n) is 8.10. The fraction of sp³-hybridized carbons (Fsp3) is 0.455. The van der Waals surface area contributed by atoms with Crippen LogP contribution in [0.2, 0.25) is 0 Å². The molecule has 0 aliphatic carbocycles. The Hall–Kier alpha value is -0.860. The van der Waals surface area contributed by atoms with E-state index in [1.165, 1.54) is 0 Å². The molecular weight excluding hydrogens is 164 g/mol. The largest absolute Gasteiger partial charge is 0.393 e. The topological polar surface area (TPSA) is 29.5 Å². The van der Waals surface area contributed by atoms with E-state index in [0.717, 1.165) is 5.56 Å². The highest BCUT2D eigenvalue weighted by molar-refractivity contribution is 5.17. The predicted octanol–water partition coefficient (Wildman–Crippen LogP) is 2.15. The maximum absolute atomic E-state index is 9.24. The van der Waals surface area contributed by atoms with Gasteiger partial charge in [0.1, 0.15) is 0 Å². The molecule has 0 bridgehead atoms. The molecule has 0 radical (unpaired) electrons. The summed E-state index contributed by atoms with van der Waals surface area (Å²) in [6, 6.07) is 9.94. The van der Waals surface area contributed by atoms with E-state index in [9.17, 15) is 5.11 Å². The summed E-state index contributed by atoms with van der Waals surface area (Å²) >= 11 is 0. The molecule has 1 N–H and O–H groups in total. The average molecular weight is 180 g/mol. The molecule has 0 amide bonds. The second-order valence-electron chi connectivity index (χ2n) is 3.22. The summed E-state index contributed by atoms with van der Waals surface area (Å²) in [7, 11) is 1.67. The molecule has 0 unspecified atom stereocenters. The van der Waals surface area contributed by atoms with Gasteiger partial charge in [0.15, 0.2) is 0 Å². The van der Waals surface area contributed by atoms with Crippen LogP contribution in [0.3, 0.4) is 0 Å². The fourth-order valence-corrected chi connectivity index (χ4v) is 1.35. The van der Waals surface area contributed by atoms with Gasteiger partial charge in [-0.05, 0) is 12.5 Å². The van der Waals surface area contributed by atoms with Crippen molar-refractivity contribution in [1.29, 1.82) is 0 Å². The van der Waals surface area contributed by atoms with Gasteiger partial charge in [-0.1, -0.05) is 30.3 Å². The standard InChI is InChI=1S/C11H16O2/c1-9(12)8-11(13-2)10-6-4-3-5-7-10/h3-7,9,11-12H,8H2,1-2H3/t9-,11+/m1/s1. The van der Waals surface area contributed by atoms with Crippen LogP contribution in [0.1, 0.15) is 25.0 Å². The summed E-state index contributed by atoms with van der Waals surface area (Å²) in [6.45, 7) is 1.77. The van der Waals surface area contributed by atoms with E-state index in [2.05, 4.69) is 0 Å². The third-order valence-corrected chi connectivity index (χ3v) is 2.01. The van der Waals surface area contributed by atoms with Gasteiger partial charge in [0, 0.05) is 13.5 Å². The molecule has 0 fully saturated rings. The molecule has 2 heteroatoms. The van der Waals surface area contributed by atoms with Gasteiger partial charge in [0.05, 0.1) is 12.2 Å². The third kappa shape index (κ3) is 3.17. The van der Waals surface area contributed by atoms with E-state index in [0.29, 0.717) is 6.42 Å². The van der Waals surface area contributed by atoms with Crippen molar-refractivity contribution in [2.45, 2.75) is 25.6 Å². The lowest BCUT2D eigenvalue weighted by Gasteiger charge is -2.16. The van der Waals surface area contributed by atoms with Crippen molar-refractivity contribution in [2.75, 3.05) is 7.11 Å². The normalized spacial score (nSPS) is 15.3. The van der Waals surface area contributed by atoms with Crippen molar-refractivity contribution in [3.8, 4) is 0 Å². The molecule has 0 aliphatic rings. The monoisotopic (exact) mass is 180 g/mol. The second kappa shape index (κ2) is 5.00. The molecule has 0 aromatic heterocycles. The Bertz CT molecular complexity index is 231. The van der Waals surface area contributed by atoms with Crippen molar-refractivity contribution in [3.63, 3.8) is 0 Å². The smallest absolute Gasteiger partial charge is 0.0845 e. The first-order chi connectivity index (χ1) is 6.24. The minimum atomic E-state index is -0.329. The van der Waals surface area contributed by atoms with Gasteiger partial charge in [0.25, 0.3) is 0 Å². The minimum Gasteiger partial charge on any atom is -0.393 e. The zero-order chi connectivity index (χ0) is 9.68. The van der Waals surface area contributed by atoms with Crippen molar-refractivity contribution in [3.05, 3.63) is 35.9 Å². The number of ether oxygens (including phenoxy) is 1. The number of hydrogen-bond acceptors (Lipinski definition) is 2. The van der Waals surface area contributed by atoms with Crippen molar-refractivity contribution >= 4 is 0 Å². The van der Waals surface area contributed by atoms with Gasteiger partial charge in [-0.2, -0.15) is 0 Å². The van der Waals surface area contributed by atoms with Crippen molar-refractivity contribution in [1.82, 2.24) is 0 Å². The van der Waals surface area contributed by atoms with E-state index in [-0.39, 0.29) is 12.2 Å². The molecule has 2 nitrogen and oxygen atoms in total. The first-order valence-corrected chi connectivity index (χ1v) is 4.50. The highest BCUT2D eigenvalue weighted by Gasteiger charge is 2.12. The summed E-state index contributed by atoms with van der Waals surface area (Å²) in [6.07, 6.45) is 0.312. The van der Waals surface area contributed by atoms with Crippen LogP contribution in [0.4, 0.5) is 0 Å². The highest BCUT2D eigenvalue weighted by atomic mass is 16.5. The molecule has 2 atom stereocenters. The molecule has 0 aliphatic heterocycles. The Balaban J connectivity index is 2.67. The third-order valence-electron chi connectivity index (χ3n) is 2.01. The lowest BCUT2D eigenvalue weighted by atomic mass is 10.0. The molecule has 72 valence electrons. The molecule has 1 aromatic rings. The second-order valence-corrected chi connectivity index (χ2v) is 3.22. The Morgan fingerprint density at radius 1 is 1.31 bits per heavy atom. The van der Waals surface area contributed by atoms with Crippen LogP contribution in [0.25, 0.3) is 0 Å². The maximum Gasteiger partial charge on any atom is 0.0845 e. The summed E-state index contributed by atoms with van der Waals surface area (Å²) in [5, 5.41) is 9.24. The molecule has 0 spiro atoms. The van der Waals surface area contributed by atoms with E-state index >= 15 is 0 Å². The maximum atomic E-state index is 9.24. The number of methoxy groups -OCH3 is 1. The summed E-state index contributed by atoms with van der Waals surface area (Å²) in [5.74, 6) is 0. The Kier molecular flexibility index (Phi) is 3.93. The lowest BCUT2D eigenvalue weighted by Crippen LogP contribution is -2.10. The van der Waals surface area contributed by atoms with Crippen LogP contribution < -0.4 is 0 Å². The number of aliphatic hydroxyl groups is 1. The van der Waals surface area contributed by atoms with E-state index in [4.69, 9.17) is 4.74 Å². The lowest BCUT2D eigenvalue weighted by molar-refractivity contribution is 0.0511. The quantitative estimate of drug-likeness (QED) is 0.769. The average Bonchev–Trinajstić information content (AvgIpc) is 2.15. The highest BCUT2D eigenvalue weighted by Crippen LogP contribution is 2.21. The van der Waals surface area contributed by atoms with Crippen LogP contribution in [-0.2, 0) is 4.74 Å². The van der Waals surface area contributed by atoms with Gasteiger partial charge in [0.2, 0.25) is 0 Å². The SMILES string of the molecule is CO[C@@H](C[C@@H](C)O)c1ccccc1. The predicted molar refractivity (Wildman–Crippen MR) is 52.5 cm³/mol. The summed E-state index contributed by atoms with van der Waals surface area (Å²) < 4.78 is 5.29. The first kappa shape index (κ1) is 10.2. The first-order valence-electron chi connectivity index (χ1n) is 4.50. The van der Waals surface area contributed by atoms with Gasteiger partial charge >= 0.3 is 0 Å². The van der Waals surface area contributed by atoms with Crippen molar-refractivity contribution in [2.24, 2.45) is 0 Å². The molecule has 13 heavy (non-hydrogen) atoms. The number of hydrogen-bond donors (Lipinski definition) is 1. The van der Waals surface area contributed by atoms with Gasteiger partial charge in [-0.3, -0.25) is 0 Å². The molecule has 1 aromatic carbocycles. The summed E-state index contributed by atoms with van der Waals surface area (Å²) in [4.78, 5) is 0. The Morgan fingerprint density at radius 3 is 2.38 bits per heavy atom. The molecule has 0 heterocycles.